The van der Waals surface area contributed by atoms with Gasteiger partial charge in [-0.15, -0.1) is 0 Å². The van der Waals surface area contributed by atoms with Crippen LogP contribution in [0.4, 0.5) is 11.4 Å². The van der Waals surface area contributed by atoms with Crippen LogP contribution >= 0.6 is 11.6 Å². The summed E-state index contributed by atoms with van der Waals surface area (Å²) in [5.74, 6) is 0.0327. The van der Waals surface area contributed by atoms with Crippen LogP contribution in [0.1, 0.15) is 17.8 Å². The Bertz CT molecular complexity index is 941. The lowest BCUT2D eigenvalue weighted by Gasteiger charge is -2.21. The van der Waals surface area contributed by atoms with E-state index >= 15 is 0 Å². The molecule has 2 heterocycles. The number of rotatable bonds is 5. The second-order valence-electron chi connectivity index (χ2n) is 6.72. The van der Waals surface area contributed by atoms with Gasteiger partial charge < -0.3 is 19.7 Å². The monoisotopic (exact) mass is 406 g/mol. The van der Waals surface area contributed by atoms with Gasteiger partial charge in [0.15, 0.2) is 0 Å². The van der Waals surface area contributed by atoms with Crippen molar-refractivity contribution in [2.75, 3.05) is 31.0 Å². The van der Waals surface area contributed by atoms with E-state index in [1.54, 1.807) is 16.8 Å². The topological polar surface area (TPSA) is 85.7 Å². The van der Waals surface area contributed by atoms with Crippen molar-refractivity contribution in [2.24, 2.45) is 13.0 Å². The van der Waals surface area contributed by atoms with Gasteiger partial charge in [-0.25, -0.2) is 0 Å². The summed E-state index contributed by atoms with van der Waals surface area (Å²) in [5.41, 5.74) is 2.79. The highest BCUT2D eigenvalue weighted by molar-refractivity contribution is 6.32. The highest BCUT2D eigenvalue weighted by Gasteiger charge is 2.37. The molecule has 1 aliphatic heterocycles. The number of ether oxygens (including phenoxy) is 2. The van der Waals surface area contributed by atoms with Crippen molar-refractivity contribution in [1.29, 1.82) is 0 Å². The molecule has 9 heteroatoms. The number of anilines is 2. The van der Waals surface area contributed by atoms with Gasteiger partial charge in [0.25, 0.3) is 0 Å². The molecule has 1 N–H and O–H groups in total. The minimum absolute atomic E-state index is 0.108. The Morgan fingerprint density at radius 1 is 1.25 bits per heavy atom. The van der Waals surface area contributed by atoms with Crippen molar-refractivity contribution >= 4 is 34.8 Å². The van der Waals surface area contributed by atoms with Crippen LogP contribution in [0.3, 0.4) is 0 Å². The quantitative estimate of drug-likeness (QED) is 0.825. The summed E-state index contributed by atoms with van der Waals surface area (Å²) in [5, 5.41) is 7.57. The summed E-state index contributed by atoms with van der Waals surface area (Å²) in [4.78, 5) is 26.9. The van der Waals surface area contributed by atoms with Gasteiger partial charge in [-0.2, -0.15) is 5.10 Å². The predicted octanol–water partition coefficient (Wildman–Crippen LogP) is 2.70. The Morgan fingerprint density at radius 2 is 1.93 bits per heavy atom. The second-order valence-corrected chi connectivity index (χ2v) is 7.13. The number of carbonyl (C=O) groups is 2. The van der Waals surface area contributed by atoms with Crippen LogP contribution in [0.5, 0.6) is 11.5 Å². The molecule has 1 atom stereocenters. The maximum Gasteiger partial charge on any atom is 0.229 e. The minimum Gasteiger partial charge on any atom is -0.495 e. The number of halogens is 1. The molecule has 2 amide bonds. The van der Waals surface area contributed by atoms with E-state index in [0.717, 1.165) is 11.4 Å². The third-order valence-electron chi connectivity index (χ3n) is 5.00. The van der Waals surface area contributed by atoms with Gasteiger partial charge in [0, 0.05) is 26.1 Å². The molecule has 8 nitrogen and oxygen atoms in total. The van der Waals surface area contributed by atoms with Gasteiger partial charge in [-0.3, -0.25) is 14.3 Å². The van der Waals surface area contributed by atoms with Crippen molar-refractivity contribution in [3.63, 3.8) is 0 Å². The van der Waals surface area contributed by atoms with E-state index in [9.17, 15) is 9.59 Å². The van der Waals surface area contributed by atoms with Crippen LogP contribution in [0.2, 0.25) is 5.02 Å². The number of aromatic nitrogens is 2. The zero-order chi connectivity index (χ0) is 20.6. The Hall–Kier alpha value is -2.74. The molecule has 0 aliphatic carbocycles. The predicted molar refractivity (Wildman–Crippen MR) is 106 cm³/mol. The first-order valence-electron chi connectivity index (χ1n) is 8.79. The third kappa shape index (κ3) is 3.52. The average Bonchev–Trinajstić information content (AvgIpc) is 3.16. The number of benzene rings is 1. The highest BCUT2D eigenvalue weighted by atomic mass is 35.5. The lowest BCUT2D eigenvalue weighted by Crippen LogP contribution is -2.28. The molecular weight excluding hydrogens is 384 g/mol. The summed E-state index contributed by atoms with van der Waals surface area (Å²) in [7, 11) is 4.83. The van der Waals surface area contributed by atoms with Crippen molar-refractivity contribution < 1.29 is 19.1 Å². The number of carbonyl (C=O) groups excluding carboxylic acids is 2. The molecule has 1 aliphatic rings. The molecular formula is C19H23ClN4O4. The average molecular weight is 407 g/mol. The molecule has 2 aromatic rings. The van der Waals surface area contributed by atoms with E-state index in [2.05, 4.69) is 10.4 Å². The Morgan fingerprint density at radius 3 is 2.50 bits per heavy atom. The van der Waals surface area contributed by atoms with Crippen LogP contribution in [-0.4, -0.2) is 42.4 Å². The van der Waals surface area contributed by atoms with Crippen LogP contribution in [0.15, 0.2) is 12.1 Å². The fourth-order valence-electron chi connectivity index (χ4n) is 3.35. The van der Waals surface area contributed by atoms with Crippen molar-refractivity contribution in [2.45, 2.75) is 20.3 Å². The van der Waals surface area contributed by atoms with Gasteiger partial charge in [0.2, 0.25) is 11.8 Å². The van der Waals surface area contributed by atoms with Gasteiger partial charge in [-0.05, 0) is 19.9 Å². The third-order valence-corrected chi connectivity index (χ3v) is 5.29. The smallest absolute Gasteiger partial charge is 0.229 e. The fraction of sp³-hybridized carbons (Fsp3) is 0.421. The largest absolute Gasteiger partial charge is 0.495 e. The summed E-state index contributed by atoms with van der Waals surface area (Å²) in [6, 6.07) is 3.24. The zero-order valence-corrected chi connectivity index (χ0v) is 17.3. The lowest BCUT2D eigenvalue weighted by molar-refractivity contribution is -0.122. The number of methoxy groups -OCH3 is 2. The summed E-state index contributed by atoms with van der Waals surface area (Å²) < 4.78 is 12.3. The molecule has 150 valence electrons. The summed E-state index contributed by atoms with van der Waals surface area (Å²) in [6.45, 7) is 3.95. The van der Waals surface area contributed by atoms with E-state index in [1.807, 2.05) is 20.9 Å². The molecule has 28 heavy (non-hydrogen) atoms. The number of aryl methyl sites for hydroxylation is 2. The van der Waals surface area contributed by atoms with E-state index in [-0.39, 0.29) is 24.8 Å². The molecule has 0 bridgehead atoms. The van der Waals surface area contributed by atoms with Gasteiger partial charge in [0.05, 0.1) is 47.9 Å². The number of hydrogen-bond donors (Lipinski definition) is 1. The Balaban J connectivity index is 1.82. The number of nitrogens with zero attached hydrogens (tertiary/aromatic N) is 3. The number of nitrogens with one attached hydrogen (secondary N) is 1. The highest BCUT2D eigenvalue weighted by Crippen LogP contribution is 2.40. The second kappa shape index (κ2) is 7.71. The van der Waals surface area contributed by atoms with E-state index in [4.69, 9.17) is 21.1 Å². The molecule has 1 saturated heterocycles. The SMILES string of the molecule is COc1cc(OC)c(N2C[C@H](C(=O)Nc3c(C)nn(C)c3C)CC2=O)cc1Cl. The van der Waals surface area contributed by atoms with Crippen LogP contribution < -0.4 is 19.7 Å². The van der Waals surface area contributed by atoms with Gasteiger partial charge in [-0.1, -0.05) is 11.6 Å². The molecule has 0 saturated carbocycles. The molecule has 1 aromatic heterocycles. The van der Waals surface area contributed by atoms with Crippen LogP contribution in [-0.2, 0) is 16.6 Å². The van der Waals surface area contributed by atoms with Crippen molar-refractivity contribution in [1.82, 2.24) is 9.78 Å². The Labute approximate surface area is 168 Å². The summed E-state index contributed by atoms with van der Waals surface area (Å²) in [6.07, 6.45) is 0.108. The van der Waals surface area contributed by atoms with Crippen LogP contribution in [0, 0.1) is 19.8 Å². The van der Waals surface area contributed by atoms with Gasteiger partial charge in [0.1, 0.15) is 11.5 Å². The standard InChI is InChI=1S/C19H23ClN4O4/c1-10-18(11(2)23(3)22-10)21-19(26)12-6-17(25)24(9-12)14-7-13(20)15(27-4)8-16(14)28-5/h7-8,12H,6,9H2,1-5H3,(H,21,26)/t12-/m1/s1. The van der Waals surface area contributed by atoms with Crippen molar-refractivity contribution in [3.8, 4) is 11.5 Å². The number of amides is 2. The van der Waals surface area contributed by atoms with Crippen molar-refractivity contribution in [3.05, 3.63) is 28.5 Å². The molecule has 0 spiro atoms. The first-order valence-corrected chi connectivity index (χ1v) is 9.17. The van der Waals surface area contributed by atoms with E-state index in [0.29, 0.717) is 27.9 Å². The van der Waals surface area contributed by atoms with Gasteiger partial charge >= 0.3 is 0 Å². The molecule has 1 fully saturated rings. The molecule has 3 rings (SSSR count). The maximum atomic E-state index is 12.8. The number of hydrogen-bond acceptors (Lipinski definition) is 5. The maximum absolute atomic E-state index is 12.8. The zero-order valence-electron chi connectivity index (χ0n) is 16.5. The first-order chi connectivity index (χ1) is 13.3. The summed E-state index contributed by atoms with van der Waals surface area (Å²) >= 11 is 6.22. The molecule has 1 aromatic carbocycles. The molecule has 0 radical (unpaired) electrons. The fourth-order valence-corrected chi connectivity index (χ4v) is 3.59. The lowest BCUT2D eigenvalue weighted by atomic mass is 10.1. The Kier molecular flexibility index (Phi) is 5.51. The van der Waals surface area contributed by atoms with E-state index < -0.39 is 5.92 Å². The minimum atomic E-state index is -0.489. The van der Waals surface area contributed by atoms with Crippen LogP contribution in [0.25, 0.3) is 0 Å². The normalized spacial score (nSPS) is 16.4. The molecule has 0 unspecified atom stereocenters. The van der Waals surface area contributed by atoms with E-state index in [1.165, 1.54) is 19.1 Å². The first kappa shape index (κ1) is 20.0.